The van der Waals surface area contributed by atoms with E-state index >= 15 is 0 Å². The number of aliphatic imine (C=N–C) groups is 1. The summed E-state index contributed by atoms with van der Waals surface area (Å²) in [6.45, 7) is 7.77. The van der Waals surface area contributed by atoms with Crippen LogP contribution in [0.1, 0.15) is 31.9 Å². The van der Waals surface area contributed by atoms with Crippen LogP contribution in [0.5, 0.6) is 0 Å². The second kappa shape index (κ2) is 7.02. The van der Waals surface area contributed by atoms with Crippen molar-refractivity contribution in [3.05, 3.63) is 47.0 Å². The lowest BCUT2D eigenvalue weighted by Crippen LogP contribution is -2.58. The number of nitrogens with zero attached hydrogens (tertiary/aromatic N) is 2. The molecule has 0 N–H and O–H groups in total. The van der Waals surface area contributed by atoms with Gasteiger partial charge in [0.15, 0.2) is 0 Å². The number of nitriles is 1. The molecule has 0 radical (unpaired) electrons. The SMILES string of the molecule is CCO[Si](OCC)(OCC)c1ccc2cccc3c2c1C1=C(C#N)CN=C13. The van der Waals surface area contributed by atoms with E-state index in [0.29, 0.717) is 31.9 Å². The zero-order valence-electron chi connectivity index (χ0n) is 15.8. The molecule has 2 aromatic carbocycles. The zero-order valence-corrected chi connectivity index (χ0v) is 16.8. The third-order valence-electron chi connectivity index (χ3n) is 4.95. The van der Waals surface area contributed by atoms with E-state index in [-0.39, 0.29) is 0 Å². The first-order chi connectivity index (χ1) is 13.2. The van der Waals surface area contributed by atoms with Crippen molar-refractivity contribution in [2.75, 3.05) is 26.4 Å². The third kappa shape index (κ3) is 2.58. The van der Waals surface area contributed by atoms with Crippen LogP contribution < -0.4 is 5.19 Å². The highest BCUT2D eigenvalue weighted by molar-refractivity contribution is 6.77. The lowest BCUT2D eigenvalue weighted by molar-refractivity contribution is 0.0859. The Kier molecular flexibility index (Phi) is 4.70. The predicted molar refractivity (Wildman–Crippen MR) is 108 cm³/mol. The van der Waals surface area contributed by atoms with Gasteiger partial charge in [0.1, 0.15) is 0 Å². The van der Waals surface area contributed by atoms with Gasteiger partial charge in [-0.25, -0.2) is 0 Å². The molecule has 1 heterocycles. The Morgan fingerprint density at radius 1 is 1.04 bits per heavy atom. The number of hydrogen-bond donors (Lipinski definition) is 0. The smallest absolute Gasteiger partial charge is 0.370 e. The Balaban J connectivity index is 2.08. The summed E-state index contributed by atoms with van der Waals surface area (Å²) < 4.78 is 18.5. The average molecular weight is 379 g/mol. The second-order valence-corrected chi connectivity index (χ2v) is 8.89. The maximum absolute atomic E-state index is 9.69. The summed E-state index contributed by atoms with van der Waals surface area (Å²) in [7, 11) is -3.12. The number of rotatable bonds is 7. The highest BCUT2D eigenvalue weighted by Gasteiger charge is 2.48. The number of allylic oxidation sites excluding steroid dienone is 1. The topological polar surface area (TPSA) is 63.8 Å². The fourth-order valence-corrected chi connectivity index (χ4v) is 6.76. The van der Waals surface area contributed by atoms with Crippen LogP contribution in [0.3, 0.4) is 0 Å². The van der Waals surface area contributed by atoms with Gasteiger partial charge in [-0.15, -0.1) is 0 Å². The van der Waals surface area contributed by atoms with Gasteiger partial charge in [-0.2, -0.15) is 5.26 Å². The molecule has 2 aromatic rings. The van der Waals surface area contributed by atoms with Crippen molar-refractivity contribution in [3.8, 4) is 6.07 Å². The van der Waals surface area contributed by atoms with Crippen molar-refractivity contribution in [1.82, 2.24) is 0 Å². The van der Waals surface area contributed by atoms with Crippen LogP contribution in [-0.2, 0) is 13.3 Å². The third-order valence-corrected chi connectivity index (χ3v) is 8.04. The van der Waals surface area contributed by atoms with Gasteiger partial charge in [-0.1, -0.05) is 30.3 Å². The van der Waals surface area contributed by atoms with Gasteiger partial charge < -0.3 is 13.3 Å². The van der Waals surface area contributed by atoms with Gasteiger partial charge in [-0.3, -0.25) is 4.99 Å². The Morgan fingerprint density at radius 2 is 1.74 bits per heavy atom. The van der Waals surface area contributed by atoms with Gasteiger partial charge in [-0.05, 0) is 37.1 Å². The second-order valence-electron chi connectivity index (χ2n) is 6.38. The first-order valence-electron chi connectivity index (χ1n) is 9.37. The van der Waals surface area contributed by atoms with Crippen LogP contribution in [-0.4, -0.2) is 40.9 Å². The molecule has 27 heavy (non-hydrogen) atoms. The Bertz CT molecular complexity index is 1000. The minimum Gasteiger partial charge on any atom is -0.370 e. The Labute approximate surface area is 160 Å². The van der Waals surface area contributed by atoms with Crippen molar-refractivity contribution >= 4 is 36.0 Å². The molecule has 6 heteroatoms. The van der Waals surface area contributed by atoms with E-state index in [1.807, 2.05) is 26.8 Å². The molecule has 5 nitrogen and oxygen atoms in total. The molecule has 1 aliphatic carbocycles. The molecule has 138 valence electrons. The number of hydrogen-bond acceptors (Lipinski definition) is 5. The summed E-state index contributed by atoms with van der Waals surface area (Å²) in [4.78, 5) is 4.66. The standard InChI is InChI=1S/C21H22N2O3Si/c1-4-24-27(25-5-2,26-6-3)17-11-10-14-8-7-9-16-18(14)20(17)19-15(12-22)13-23-21(16)19/h7-11H,4-6,13H2,1-3H3. The van der Waals surface area contributed by atoms with Crippen molar-refractivity contribution < 1.29 is 13.3 Å². The number of benzene rings is 2. The molecular weight excluding hydrogens is 356 g/mol. The van der Waals surface area contributed by atoms with E-state index in [1.165, 1.54) is 0 Å². The zero-order chi connectivity index (χ0) is 19.0. The van der Waals surface area contributed by atoms with Gasteiger partial charge in [0.05, 0.1) is 23.9 Å². The summed E-state index contributed by atoms with van der Waals surface area (Å²) in [5.41, 5.74) is 4.62. The van der Waals surface area contributed by atoms with Gasteiger partial charge in [0, 0.05) is 36.1 Å². The average Bonchev–Trinajstić information content (AvgIpc) is 3.23. The van der Waals surface area contributed by atoms with E-state index < -0.39 is 8.80 Å². The molecule has 0 atom stereocenters. The molecule has 0 saturated carbocycles. The first kappa shape index (κ1) is 18.1. The van der Waals surface area contributed by atoms with E-state index in [1.54, 1.807) is 0 Å². The first-order valence-corrected chi connectivity index (χ1v) is 11.1. The molecule has 0 bridgehead atoms. The monoisotopic (exact) mass is 378 g/mol. The van der Waals surface area contributed by atoms with E-state index in [9.17, 15) is 5.26 Å². The fraction of sp³-hybridized carbons (Fsp3) is 0.333. The Morgan fingerprint density at radius 3 is 2.37 bits per heavy atom. The molecule has 0 spiro atoms. The highest BCUT2D eigenvalue weighted by atomic mass is 28.4. The van der Waals surface area contributed by atoms with Crippen molar-refractivity contribution in [3.63, 3.8) is 0 Å². The van der Waals surface area contributed by atoms with Crippen molar-refractivity contribution in [2.24, 2.45) is 4.99 Å². The van der Waals surface area contributed by atoms with E-state index in [0.717, 1.165) is 38.4 Å². The normalized spacial score (nSPS) is 15.3. The maximum Gasteiger partial charge on any atom is 0.537 e. The van der Waals surface area contributed by atoms with Crippen LogP contribution >= 0.6 is 0 Å². The summed E-state index contributed by atoms with van der Waals surface area (Å²) in [5.74, 6) is 0. The molecular formula is C21H22N2O3Si. The largest absolute Gasteiger partial charge is 0.537 e. The van der Waals surface area contributed by atoms with Gasteiger partial charge >= 0.3 is 8.80 Å². The molecule has 0 fully saturated rings. The molecule has 2 aliphatic rings. The Hall–Kier alpha value is -2.30. The maximum atomic E-state index is 9.69. The van der Waals surface area contributed by atoms with E-state index in [2.05, 4.69) is 35.3 Å². The predicted octanol–water partition coefficient (Wildman–Crippen LogP) is 3.19. The van der Waals surface area contributed by atoms with E-state index in [4.69, 9.17) is 13.3 Å². The summed E-state index contributed by atoms with van der Waals surface area (Å²) in [6, 6.07) is 12.7. The molecule has 4 rings (SSSR count). The molecule has 0 unspecified atom stereocenters. The van der Waals surface area contributed by atoms with Crippen LogP contribution in [0.15, 0.2) is 40.9 Å². The van der Waals surface area contributed by atoms with Gasteiger partial charge in [0.2, 0.25) is 0 Å². The van der Waals surface area contributed by atoms with Crippen LogP contribution in [0, 0.1) is 11.3 Å². The van der Waals surface area contributed by atoms with Crippen LogP contribution in [0.2, 0.25) is 0 Å². The van der Waals surface area contributed by atoms with Crippen LogP contribution in [0.25, 0.3) is 16.3 Å². The van der Waals surface area contributed by atoms with Crippen LogP contribution in [0.4, 0.5) is 0 Å². The van der Waals surface area contributed by atoms with Crippen molar-refractivity contribution in [1.29, 1.82) is 5.26 Å². The quantitative estimate of drug-likeness (QED) is 0.694. The minimum absolute atomic E-state index is 0.428. The minimum atomic E-state index is -3.12. The summed E-state index contributed by atoms with van der Waals surface area (Å²) in [6.07, 6.45) is 0. The fourth-order valence-electron chi connectivity index (χ4n) is 4.06. The molecule has 0 saturated heterocycles. The molecule has 1 aliphatic heterocycles. The summed E-state index contributed by atoms with van der Waals surface area (Å²) in [5, 5.41) is 12.9. The lowest BCUT2D eigenvalue weighted by atomic mass is 10.0. The molecule has 0 amide bonds. The highest BCUT2D eigenvalue weighted by Crippen LogP contribution is 2.42. The van der Waals surface area contributed by atoms with Gasteiger partial charge in [0.25, 0.3) is 0 Å². The lowest BCUT2D eigenvalue weighted by Gasteiger charge is -2.30. The summed E-state index contributed by atoms with van der Waals surface area (Å²) >= 11 is 0. The van der Waals surface area contributed by atoms with Crippen molar-refractivity contribution in [2.45, 2.75) is 20.8 Å². The molecule has 0 aromatic heterocycles. The number of fused-ring (bicyclic) bond motifs is 3.